The maximum absolute atomic E-state index is 13.1. The molecule has 2 N–H and O–H groups in total. The molecule has 0 amide bonds. The molecule has 2 atom stereocenters. The number of rotatable bonds is 4. The Bertz CT molecular complexity index is 373. The smallest absolute Gasteiger partial charge is 0.127 e. The van der Waals surface area contributed by atoms with Gasteiger partial charge in [0.15, 0.2) is 0 Å². The van der Waals surface area contributed by atoms with Gasteiger partial charge in [-0.2, -0.15) is 0 Å². The lowest BCUT2D eigenvalue weighted by atomic mass is 10.0. The summed E-state index contributed by atoms with van der Waals surface area (Å²) in [6.45, 7) is 1.53. The third-order valence-corrected chi connectivity index (χ3v) is 3.40. The van der Waals surface area contributed by atoms with Gasteiger partial charge in [-0.05, 0) is 19.4 Å². The van der Waals surface area contributed by atoms with Crippen LogP contribution in [0.5, 0.6) is 0 Å². The molecular weight excluding hydrogens is 298 g/mol. The lowest BCUT2D eigenvalue weighted by Crippen LogP contribution is -2.19. The fourth-order valence-corrected chi connectivity index (χ4v) is 2.12. The van der Waals surface area contributed by atoms with Crippen molar-refractivity contribution in [1.82, 2.24) is 0 Å². The molecular formula is C11H13BrClFO2. The molecule has 0 heterocycles. The Hall–Kier alpha value is -0.160. The van der Waals surface area contributed by atoms with Crippen LogP contribution in [0.3, 0.4) is 0 Å². The number of aliphatic hydroxyl groups excluding tert-OH is 2. The fraction of sp³-hybridized carbons (Fsp3) is 0.455. The predicted molar refractivity (Wildman–Crippen MR) is 65.5 cm³/mol. The van der Waals surface area contributed by atoms with E-state index < -0.39 is 18.0 Å². The van der Waals surface area contributed by atoms with E-state index in [2.05, 4.69) is 15.9 Å². The standard InChI is InChI=1S/C11H13BrClFO2/c1-6-8(14)3-2-7(10(6)13)11(16)9(15)4-5-12/h2-3,9,11,15-16H,4-5H2,1H3. The van der Waals surface area contributed by atoms with Crippen molar-refractivity contribution >= 4 is 27.5 Å². The van der Waals surface area contributed by atoms with Crippen LogP contribution in [-0.4, -0.2) is 21.6 Å². The molecule has 0 aromatic heterocycles. The largest absolute Gasteiger partial charge is 0.390 e. The van der Waals surface area contributed by atoms with Gasteiger partial charge in [0.25, 0.3) is 0 Å². The van der Waals surface area contributed by atoms with Gasteiger partial charge in [-0.25, -0.2) is 4.39 Å². The fourth-order valence-electron chi connectivity index (χ4n) is 1.39. The van der Waals surface area contributed by atoms with E-state index in [9.17, 15) is 14.6 Å². The summed E-state index contributed by atoms with van der Waals surface area (Å²) in [5.41, 5.74) is 0.637. The van der Waals surface area contributed by atoms with E-state index in [-0.39, 0.29) is 10.6 Å². The summed E-state index contributed by atoms with van der Waals surface area (Å²) in [4.78, 5) is 0. The summed E-state index contributed by atoms with van der Waals surface area (Å²) in [6.07, 6.45) is -1.61. The van der Waals surface area contributed by atoms with E-state index >= 15 is 0 Å². The second kappa shape index (κ2) is 5.96. The van der Waals surface area contributed by atoms with Crippen molar-refractivity contribution in [1.29, 1.82) is 0 Å². The summed E-state index contributed by atoms with van der Waals surface area (Å²) >= 11 is 9.09. The third kappa shape index (κ3) is 2.94. The first-order chi connectivity index (χ1) is 7.49. The van der Waals surface area contributed by atoms with Gasteiger partial charge in [-0.15, -0.1) is 0 Å². The van der Waals surface area contributed by atoms with E-state index in [1.165, 1.54) is 19.1 Å². The first-order valence-corrected chi connectivity index (χ1v) is 6.35. The first-order valence-electron chi connectivity index (χ1n) is 4.85. The molecule has 0 bridgehead atoms. The van der Waals surface area contributed by atoms with Crippen molar-refractivity contribution in [3.8, 4) is 0 Å². The van der Waals surface area contributed by atoms with Crippen LogP contribution in [0.4, 0.5) is 4.39 Å². The summed E-state index contributed by atoms with van der Waals surface area (Å²) in [5, 5.41) is 20.2. The lowest BCUT2D eigenvalue weighted by molar-refractivity contribution is 0.0173. The maximum Gasteiger partial charge on any atom is 0.127 e. The van der Waals surface area contributed by atoms with Crippen LogP contribution in [-0.2, 0) is 0 Å². The van der Waals surface area contributed by atoms with Gasteiger partial charge in [0.05, 0.1) is 11.1 Å². The minimum atomic E-state index is -1.09. The highest BCUT2D eigenvalue weighted by atomic mass is 79.9. The molecule has 2 nitrogen and oxygen atoms in total. The van der Waals surface area contributed by atoms with E-state index in [4.69, 9.17) is 11.6 Å². The quantitative estimate of drug-likeness (QED) is 0.839. The van der Waals surface area contributed by atoms with Gasteiger partial charge < -0.3 is 10.2 Å². The summed E-state index contributed by atoms with van der Waals surface area (Å²) in [7, 11) is 0. The van der Waals surface area contributed by atoms with Gasteiger partial charge in [-0.1, -0.05) is 33.6 Å². The van der Waals surface area contributed by atoms with Gasteiger partial charge in [0, 0.05) is 16.5 Å². The Balaban J connectivity index is 3.00. The highest BCUT2D eigenvalue weighted by molar-refractivity contribution is 9.09. The summed E-state index contributed by atoms with van der Waals surface area (Å²) < 4.78 is 13.1. The molecule has 0 saturated carbocycles. The molecule has 0 aliphatic carbocycles. The van der Waals surface area contributed by atoms with Crippen molar-refractivity contribution in [2.75, 3.05) is 5.33 Å². The number of hydrogen-bond donors (Lipinski definition) is 2. The number of aliphatic hydroxyl groups is 2. The normalized spacial score (nSPS) is 14.9. The molecule has 5 heteroatoms. The highest BCUT2D eigenvalue weighted by Gasteiger charge is 2.21. The van der Waals surface area contributed by atoms with Crippen LogP contribution in [0.15, 0.2) is 12.1 Å². The molecule has 0 spiro atoms. The SMILES string of the molecule is Cc1c(F)ccc(C(O)C(O)CCBr)c1Cl. The monoisotopic (exact) mass is 310 g/mol. The Morgan fingerprint density at radius 1 is 1.44 bits per heavy atom. The second-order valence-electron chi connectivity index (χ2n) is 3.57. The minimum absolute atomic E-state index is 0.168. The molecule has 90 valence electrons. The number of alkyl halides is 1. The first kappa shape index (κ1) is 13.9. The van der Waals surface area contributed by atoms with Crippen LogP contribution in [0.2, 0.25) is 5.02 Å². The molecule has 0 saturated heterocycles. The van der Waals surface area contributed by atoms with Crippen molar-refractivity contribution in [2.45, 2.75) is 25.6 Å². The topological polar surface area (TPSA) is 40.5 Å². The zero-order valence-electron chi connectivity index (χ0n) is 8.75. The average Bonchev–Trinajstić information content (AvgIpc) is 2.26. The zero-order chi connectivity index (χ0) is 12.3. The van der Waals surface area contributed by atoms with Crippen molar-refractivity contribution in [3.63, 3.8) is 0 Å². The van der Waals surface area contributed by atoms with Gasteiger partial charge in [-0.3, -0.25) is 0 Å². The molecule has 0 radical (unpaired) electrons. The summed E-state index contributed by atoms with van der Waals surface area (Å²) in [6, 6.07) is 2.63. The molecule has 1 aromatic carbocycles. The van der Waals surface area contributed by atoms with E-state index in [1.807, 2.05) is 0 Å². The average molecular weight is 312 g/mol. The maximum atomic E-state index is 13.1. The van der Waals surface area contributed by atoms with Crippen LogP contribution in [0.25, 0.3) is 0 Å². The third-order valence-electron chi connectivity index (χ3n) is 2.44. The molecule has 0 aliphatic rings. The van der Waals surface area contributed by atoms with E-state index in [0.717, 1.165) is 0 Å². The van der Waals surface area contributed by atoms with Crippen LogP contribution in [0, 0.1) is 12.7 Å². The van der Waals surface area contributed by atoms with Crippen LogP contribution < -0.4 is 0 Å². The Kier molecular flexibility index (Phi) is 5.18. The minimum Gasteiger partial charge on any atom is -0.390 e. The highest BCUT2D eigenvalue weighted by Crippen LogP contribution is 2.30. The Morgan fingerprint density at radius 3 is 2.62 bits per heavy atom. The number of halogens is 3. The van der Waals surface area contributed by atoms with Gasteiger partial charge >= 0.3 is 0 Å². The number of benzene rings is 1. The molecule has 0 fully saturated rings. The van der Waals surface area contributed by atoms with Crippen LogP contribution in [0.1, 0.15) is 23.7 Å². The van der Waals surface area contributed by atoms with Crippen molar-refractivity contribution in [2.24, 2.45) is 0 Å². The Labute approximate surface area is 107 Å². The molecule has 1 rings (SSSR count). The molecule has 0 aliphatic heterocycles. The lowest BCUT2D eigenvalue weighted by Gasteiger charge is -2.19. The molecule has 1 aromatic rings. The van der Waals surface area contributed by atoms with Gasteiger partial charge in [0.2, 0.25) is 0 Å². The van der Waals surface area contributed by atoms with E-state index in [0.29, 0.717) is 17.3 Å². The van der Waals surface area contributed by atoms with Crippen molar-refractivity contribution in [3.05, 3.63) is 34.1 Å². The van der Waals surface area contributed by atoms with Gasteiger partial charge in [0.1, 0.15) is 11.9 Å². The number of hydrogen-bond acceptors (Lipinski definition) is 2. The van der Waals surface area contributed by atoms with Crippen LogP contribution >= 0.6 is 27.5 Å². The van der Waals surface area contributed by atoms with E-state index in [1.54, 1.807) is 0 Å². The second-order valence-corrected chi connectivity index (χ2v) is 4.74. The predicted octanol–water partition coefficient (Wildman–Crippen LogP) is 2.97. The van der Waals surface area contributed by atoms with Crippen molar-refractivity contribution < 1.29 is 14.6 Å². The zero-order valence-corrected chi connectivity index (χ0v) is 11.1. The summed E-state index contributed by atoms with van der Waals surface area (Å²) in [5.74, 6) is -0.420. The molecule has 16 heavy (non-hydrogen) atoms. The Morgan fingerprint density at radius 2 is 2.06 bits per heavy atom. The molecule has 2 unspecified atom stereocenters.